The lowest BCUT2D eigenvalue weighted by molar-refractivity contribution is -0.123. The van der Waals surface area contributed by atoms with Crippen molar-refractivity contribution < 1.29 is 4.79 Å². The molecule has 0 aromatic heterocycles. The Hall–Kier alpha value is -1.55. The van der Waals surface area contributed by atoms with Crippen LogP contribution in [0.25, 0.3) is 0 Å². The smallest absolute Gasteiger partial charge is 0.237 e. The van der Waals surface area contributed by atoms with E-state index in [-0.39, 0.29) is 24.4 Å². The molecule has 0 saturated heterocycles. The fraction of sp³-hybridized carbons (Fsp3) is 0.278. The van der Waals surface area contributed by atoms with Crippen molar-refractivity contribution in [1.82, 2.24) is 10.6 Å². The standard InChI is InChI=1S/C18H19ClN2O.ClH/c19-16-7-3-4-13(10-16)8-9-20-18(22)17-11-14-5-1-2-6-15(14)12-21-17;/h1-7,10,17,21H,8-9,11-12H2,(H,20,22);1H. The third kappa shape index (κ3) is 4.71. The van der Waals surface area contributed by atoms with Gasteiger partial charge in [0.15, 0.2) is 0 Å². The van der Waals surface area contributed by atoms with Crippen molar-refractivity contribution in [2.45, 2.75) is 25.4 Å². The zero-order chi connectivity index (χ0) is 15.4. The van der Waals surface area contributed by atoms with E-state index in [0.717, 1.165) is 30.0 Å². The summed E-state index contributed by atoms with van der Waals surface area (Å²) in [6.07, 6.45) is 1.54. The minimum atomic E-state index is -0.144. The minimum Gasteiger partial charge on any atom is -0.354 e. The molecule has 0 radical (unpaired) electrons. The molecule has 0 fully saturated rings. The van der Waals surface area contributed by atoms with Crippen molar-refractivity contribution in [3.8, 4) is 0 Å². The molecule has 3 nitrogen and oxygen atoms in total. The Morgan fingerprint density at radius 2 is 1.96 bits per heavy atom. The highest BCUT2D eigenvalue weighted by Crippen LogP contribution is 2.16. The molecule has 2 aromatic rings. The number of hydrogen-bond acceptors (Lipinski definition) is 2. The van der Waals surface area contributed by atoms with Gasteiger partial charge in [-0.3, -0.25) is 4.79 Å². The van der Waals surface area contributed by atoms with Crippen LogP contribution >= 0.6 is 24.0 Å². The lowest BCUT2D eigenvalue weighted by atomic mass is 9.95. The molecule has 2 aromatic carbocycles. The van der Waals surface area contributed by atoms with Gasteiger partial charge in [0.25, 0.3) is 0 Å². The van der Waals surface area contributed by atoms with Gasteiger partial charge in [-0.1, -0.05) is 48.0 Å². The van der Waals surface area contributed by atoms with Gasteiger partial charge in [-0.15, -0.1) is 12.4 Å². The van der Waals surface area contributed by atoms with Crippen LogP contribution < -0.4 is 10.6 Å². The summed E-state index contributed by atoms with van der Waals surface area (Å²) in [4.78, 5) is 12.3. The van der Waals surface area contributed by atoms with Crippen molar-refractivity contribution in [3.05, 3.63) is 70.2 Å². The second kappa shape index (κ2) is 8.34. The van der Waals surface area contributed by atoms with E-state index in [0.29, 0.717) is 6.54 Å². The summed E-state index contributed by atoms with van der Waals surface area (Å²) in [5.74, 6) is 0.0662. The SMILES string of the molecule is Cl.O=C(NCCc1cccc(Cl)c1)C1Cc2ccccc2CN1. The van der Waals surface area contributed by atoms with Gasteiger partial charge in [0.1, 0.15) is 0 Å². The Morgan fingerprint density at radius 1 is 1.17 bits per heavy atom. The van der Waals surface area contributed by atoms with Crippen LogP contribution in [0, 0.1) is 0 Å². The van der Waals surface area contributed by atoms with E-state index in [2.05, 4.69) is 22.8 Å². The Kier molecular flexibility index (Phi) is 6.46. The Bertz CT molecular complexity index is 676. The number of halogens is 2. The molecule has 5 heteroatoms. The quantitative estimate of drug-likeness (QED) is 0.889. The molecule has 23 heavy (non-hydrogen) atoms. The average Bonchev–Trinajstić information content (AvgIpc) is 2.54. The minimum absolute atomic E-state index is 0. The molecule has 0 aliphatic carbocycles. The van der Waals surface area contributed by atoms with E-state index >= 15 is 0 Å². The van der Waals surface area contributed by atoms with Crippen molar-refractivity contribution in [1.29, 1.82) is 0 Å². The largest absolute Gasteiger partial charge is 0.354 e. The fourth-order valence-electron chi connectivity index (χ4n) is 2.79. The van der Waals surface area contributed by atoms with Gasteiger partial charge in [0.05, 0.1) is 6.04 Å². The third-order valence-corrected chi connectivity index (χ3v) is 4.23. The maximum Gasteiger partial charge on any atom is 0.237 e. The highest BCUT2D eigenvalue weighted by molar-refractivity contribution is 6.30. The number of carbonyl (C=O) groups excluding carboxylic acids is 1. The monoisotopic (exact) mass is 350 g/mol. The van der Waals surface area contributed by atoms with Crippen molar-refractivity contribution in [2.24, 2.45) is 0 Å². The number of benzene rings is 2. The average molecular weight is 351 g/mol. The zero-order valence-electron chi connectivity index (χ0n) is 12.7. The predicted molar refractivity (Wildman–Crippen MR) is 96.2 cm³/mol. The zero-order valence-corrected chi connectivity index (χ0v) is 14.3. The number of carbonyl (C=O) groups is 1. The fourth-order valence-corrected chi connectivity index (χ4v) is 3.00. The van der Waals surface area contributed by atoms with E-state index < -0.39 is 0 Å². The summed E-state index contributed by atoms with van der Waals surface area (Å²) in [5.41, 5.74) is 3.68. The number of rotatable bonds is 4. The second-order valence-electron chi connectivity index (χ2n) is 5.58. The van der Waals surface area contributed by atoms with Crippen LogP contribution in [0.4, 0.5) is 0 Å². The van der Waals surface area contributed by atoms with Crippen LogP contribution in [0.15, 0.2) is 48.5 Å². The summed E-state index contributed by atoms with van der Waals surface area (Å²) >= 11 is 5.96. The summed E-state index contributed by atoms with van der Waals surface area (Å²) in [6, 6.07) is 15.9. The van der Waals surface area contributed by atoms with Gasteiger partial charge in [-0.25, -0.2) is 0 Å². The lowest BCUT2D eigenvalue weighted by Crippen LogP contribution is -2.48. The molecule has 122 valence electrons. The van der Waals surface area contributed by atoms with Crippen molar-refractivity contribution in [3.63, 3.8) is 0 Å². The molecular formula is C18H20Cl2N2O. The molecule has 0 spiro atoms. The molecule has 1 aliphatic rings. The summed E-state index contributed by atoms with van der Waals surface area (Å²) in [6.45, 7) is 1.38. The van der Waals surface area contributed by atoms with Gasteiger partial charge in [-0.2, -0.15) is 0 Å². The first-order valence-electron chi connectivity index (χ1n) is 7.55. The summed E-state index contributed by atoms with van der Waals surface area (Å²) in [7, 11) is 0. The third-order valence-electron chi connectivity index (χ3n) is 4.00. The van der Waals surface area contributed by atoms with E-state index in [1.807, 2.05) is 36.4 Å². The van der Waals surface area contributed by atoms with Gasteiger partial charge >= 0.3 is 0 Å². The Morgan fingerprint density at radius 3 is 2.74 bits per heavy atom. The van der Waals surface area contributed by atoms with Crippen LogP contribution in [0.5, 0.6) is 0 Å². The number of fused-ring (bicyclic) bond motifs is 1. The maximum absolute atomic E-state index is 12.3. The molecule has 1 atom stereocenters. The lowest BCUT2D eigenvalue weighted by Gasteiger charge is -2.25. The number of nitrogens with one attached hydrogen (secondary N) is 2. The van der Waals surface area contributed by atoms with Crippen LogP contribution in [-0.4, -0.2) is 18.5 Å². The highest BCUT2D eigenvalue weighted by atomic mass is 35.5. The van der Waals surface area contributed by atoms with Crippen LogP contribution in [0.2, 0.25) is 5.02 Å². The van der Waals surface area contributed by atoms with E-state index in [4.69, 9.17) is 11.6 Å². The Labute approximate surface area is 147 Å². The van der Waals surface area contributed by atoms with Crippen molar-refractivity contribution in [2.75, 3.05) is 6.54 Å². The molecule has 1 aliphatic heterocycles. The molecular weight excluding hydrogens is 331 g/mol. The molecule has 3 rings (SSSR count). The van der Waals surface area contributed by atoms with E-state index in [1.54, 1.807) is 0 Å². The Balaban J connectivity index is 0.00000192. The predicted octanol–water partition coefficient (Wildman–Crippen LogP) is 3.14. The van der Waals surface area contributed by atoms with Crippen LogP contribution in [-0.2, 0) is 24.2 Å². The van der Waals surface area contributed by atoms with E-state index in [9.17, 15) is 4.79 Å². The molecule has 0 bridgehead atoms. The van der Waals surface area contributed by atoms with Crippen LogP contribution in [0.1, 0.15) is 16.7 Å². The molecule has 2 N–H and O–H groups in total. The highest BCUT2D eigenvalue weighted by Gasteiger charge is 2.23. The summed E-state index contributed by atoms with van der Waals surface area (Å²) < 4.78 is 0. The molecule has 1 amide bonds. The first-order chi connectivity index (χ1) is 10.7. The maximum atomic E-state index is 12.3. The molecule has 1 heterocycles. The topological polar surface area (TPSA) is 41.1 Å². The van der Waals surface area contributed by atoms with Gasteiger partial charge < -0.3 is 10.6 Å². The van der Waals surface area contributed by atoms with Gasteiger partial charge in [0.2, 0.25) is 5.91 Å². The van der Waals surface area contributed by atoms with Gasteiger partial charge in [-0.05, 0) is 41.7 Å². The normalized spacial score (nSPS) is 16.1. The first kappa shape index (κ1) is 17.8. The molecule has 0 saturated carbocycles. The number of hydrogen-bond donors (Lipinski definition) is 2. The van der Waals surface area contributed by atoms with Crippen molar-refractivity contribution >= 4 is 29.9 Å². The second-order valence-corrected chi connectivity index (χ2v) is 6.01. The van der Waals surface area contributed by atoms with Crippen LogP contribution in [0.3, 0.4) is 0 Å². The van der Waals surface area contributed by atoms with E-state index in [1.165, 1.54) is 11.1 Å². The summed E-state index contributed by atoms with van der Waals surface area (Å²) in [5, 5.41) is 7.04. The number of amides is 1. The first-order valence-corrected chi connectivity index (χ1v) is 7.92. The molecule has 1 unspecified atom stereocenters. The van der Waals surface area contributed by atoms with Gasteiger partial charge in [0, 0.05) is 18.1 Å².